The van der Waals surface area contributed by atoms with Gasteiger partial charge in [-0.3, -0.25) is 4.79 Å². The van der Waals surface area contributed by atoms with Crippen LogP contribution in [0.3, 0.4) is 0 Å². The molecule has 0 saturated heterocycles. The Morgan fingerprint density at radius 3 is 1.66 bits per heavy atom. The highest BCUT2D eigenvalue weighted by molar-refractivity contribution is 5.74. The van der Waals surface area contributed by atoms with Crippen molar-refractivity contribution in [1.29, 1.82) is 5.26 Å². The topological polar surface area (TPSA) is 240 Å². The molecule has 0 aliphatic heterocycles. The molecule has 0 aromatic heterocycles. The van der Waals surface area contributed by atoms with Crippen molar-refractivity contribution >= 4 is 41.3 Å². The minimum Gasteiger partial charge on any atom is -0.481 e. The number of aliphatic hydroxyl groups is 4. The van der Waals surface area contributed by atoms with E-state index in [9.17, 15) is 19.2 Å². The summed E-state index contributed by atoms with van der Waals surface area (Å²) < 4.78 is 4.71. The Morgan fingerprint density at radius 1 is 0.795 bits per heavy atom. The molecule has 5 N–H and O–H groups in total. The Bertz CT molecular complexity index is 1500. The van der Waals surface area contributed by atoms with Crippen LogP contribution < -0.4 is 4.74 Å². The number of nitrogens with zero attached hydrogens (tertiary/aromatic N) is 4. The van der Waals surface area contributed by atoms with Crippen LogP contribution in [0.25, 0.3) is 0 Å². The number of aliphatic imine (C=N–C) groups is 3. The normalized spacial score (nSPS) is 9.20. The maximum Gasteiger partial charge on any atom is 0.314 e. The maximum absolute atomic E-state index is 10.2. The summed E-state index contributed by atoms with van der Waals surface area (Å²) in [5.74, 6) is -0.658. The molecular weight excluding hydrogens is 576 g/mol. The van der Waals surface area contributed by atoms with Crippen LogP contribution in [0.4, 0.5) is 17.1 Å². The Kier molecular flexibility index (Phi) is 19.2. The summed E-state index contributed by atoms with van der Waals surface area (Å²) in [7, 11) is 0. The zero-order valence-electron chi connectivity index (χ0n) is 23.7. The van der Waals surface area contributed by atoms with E-state index >= 15 is 0 Å². The fourth-order valence-corrected chi connectivity index (χ4v) is 2.78. The molecule has 0 radical (unpaired) electrons. The Labute approximate surface area is 252 Å². The Balaban J connectivity index is 0.000000644. The standard InChI is InChI=1S/C15H10N2O2.C9H6N2O2.C5H10O4.CH4O2/c16-10-19-15-7-3-13(4-8-15)9-12-1-5-14(6-2-12)17-11-18;1-7-2-3-8(10-5-12)4-9(7)11-6-13;1-5(2-6,3-7)4(8)9;2-1-3/h1-8H,9H2;2-4H,1H3;6-7H,2-3H2,1H3,(H,8,9);2-3H,1H2. The molecule has 14 nitrogen and oxygen atoms in total. The molecule has 0 aliphatic carbocycles. The maximum atomic E-state index is 10.2. The number of carbonyl (C=O) groups excluding carboxylic acids is 3. The monoisotopic (exact) mass is 606 g/mol. The van der Waals surface area contributed by atoms with Gasteiger partial charge in [-0.2, -0.15) is 15.0 Å². The molecule has 0 unspecified atom stereocenters. The minimum atomic E-state index is -1.39. The molecule has 3 aromatic rings. The highest BCUT2D eigenvalue weighted by atomic mass is 16.5. The molecule has 230 valence electrons. The second kappa shape index (κ2) is 22.1. The van der Waals surface area contributed by atoms with E-state index in [2.05, 4.69) is 15.0 Å². The van der Waals surface area contributed by atoms with Gasteiger partial charge in [0.15, 0.2) is 0 Å². The summed E-state index contributed by atoms with van der Waals surface area (Å²) in [6, 6.07) is 19.6. The van der Waals surface area contributed by atoms with Gasteiger partial charge in [-0.1, -0.05) is 30.3 Å². The van der Waals surface area contributed by atoms with E-state index in [-0.39, 0.29) is 0 Å². The van der Waals surface area contributed by atoms with Crippen molar-refractivity contribution in [2.75, 3.05) is 20.0 Å². The number of carbonyl (C=O) groups is 1. The molecule has 3 rings (SSSR count). The number of carboxylic acid groups (broad SMARTS) is 1. The number of nitriles is 1. The lowest BCUT2D eigenvalue weighted by molar-refractivity contribution is -0.152. The number of benzene rings is 3. The van der Waals surface area contributed by atoms with Crippen LogP contribution in [0.2, 0.25) is 0 Å². The highest BCUT2D eigenvalue weighted by Crippen LogP contribution is 2.24. The molecule has 0 heterocycles. The van der Waals surface area contributed by atoms with Crippen molar-refractivity contribution in [2.24, 2.45) is 20.4 Å². The number of rotatable bonds is 9. The van der Waals surface area contributed by atoms with Gasteiger partial charge in [0.1, 0.15) is 18.0 Å². The van der Waals surface area contributed by atoms with Crippen LogP contribution in [0, 0.1) is 23.9 Å². The smallest absolute Gasteiger partial charge is 0.314 e. The third kappa shape index (κ3) is 14.9. The number of aryl methyl sites for hydroxylation is 1. The summed E-state index contributed by atoms with van der Waals surface area (Å²) >= 11 is 0. The molecule has 0 bridgehead atoms. The molecule has 0 fully saturated rings. The van der Waals surface area contributed by atoms with Crippen LogP contribution in [0.1, 0.15) is 23.6 Å². The second-order valence-electron chi connectivity index (χ2n) is 8.58. The van der Waals surface area contributed by atoms with Gasteiger partial charge in [-0.25, -0.2) is 14.4 Å². The molecule has 3 aromatic carbocycles. The summed E-state index contributed by atoms with van der Waals surface area (Å²) in [5, 5.41) is 47.8. The average Bonchev–Trinajstić information content (AvgIpc) is 3.02. The van der Waals surface area contributed by atoms with E-state index in [1.54, 1.807) is 49.6 Å². The van der Waals surface area contributed by atoms with Gasteiger partial charge in [0.25, 0.3) is 6.26 Å². The summed E-state index contributed by atoms with van der Waals surface area (Å²) in [5.41, 5.74) is 3.14. The lowest BCUT2D eigenvalue weighted by atomic mass is 9.94. The van der Waals surface area contributed by atoms with Crippen molar-refractivity contribution in [3.8, 4) is 12.0 Å². The molecule has 0 spiro atoms. The quantitative estimate of drug-likeness (QED) is 0.103. The van der Waals surface area contributed by atoms with Gasteiger partial charge >= 0.3 is 5.97 Å². The SMILES string of the molecule is CC(CO)(CO)C(=O)O.Cc1ccc(N=C=O)cc1N=C=O.N#COc1ccc(Cc2ccc(N=C=O)cc2)cc1.OCO. The predicted molar refractivity (Wildman–Crippen MR) is 156 cm³/mol. The zero-order chi connectivity index (χ0) is 33.4. The van der Waals surface area contributed by atoms with E-state index in [1.165, 1.54) is 31.2 Å². The first-order valence-electron chi connectivity index (χ1n) is 12.3. The summed E-state index contributed by atoms with van der Waals surface area (Å²) in [6.07, 6.45) is 6.73. The van der Waals surface area contributed by atoms with Crippen molar-refractivity contribution in [3.05, 3.63) is 83.4 Å². The van der Waals surface area contributed by atoms with Crippen LogP contribution in [0.5, 0.6) is 5.75 Å². The molecule has 0 aliphatic rings. The van der Waals surface area contributed by atoms with Crippen molar-refractivity contribution in [3.63, 3.8) is 0 Å². The lowest BCUT2D eigenvalue weighted by Gasteiger charge is -2.17. The number of carboxylic acids is 1. The largest absolute Gasteiger partial charge is 0.481 e. The van der Waals surface area contributed by atoms with Crippen LogP contribution in [-0.4, -0.2) is 69.7 Å². The Morgan fingerprint density at radius 2 is 1.25 bits per heavy atom. The zero-order valence-corrected chi connectivity index (χ0v) is 23.7. The van der Waals surface area contributed by atoms with E-state index in [4.69, 9.17) is 35.5 Å². The number of hydrogen-bond donors (Lipinski definition) is 5. The van der Waals surface area contributed by atoms with Gasteiger partial charge in [-0.15, -0.1) is 5.26 Å². The highest BCUT2D eigenvalue weighted by Gasteiger charge is 2.31. The van der Waals surface area contributed by atoms with Gasteiger partial charge < -0.3 is 30.3 Å². The number of ether oxygens (including phenoxy) is 1. The van der Waals surface area contributed by atoms with Crippen LogP contribution >= 0.6 is 0 Å². The average molecular weight is 607 g/mol. The first kappa shape index (κ1) is 38.4. The predicted octanol–water partition coefficient (Wildman–Crippen LogP) is 3.02. The molecule has 0 atom stereocenters. The fraction of sp³-hybridized carbons (Fsp3) is 0.233. The Hall–Kier alpha value is -5.60. The summed E-state index contributed by atoms with van der Waals surface area (Å²) in [4.78, 5) is 50.6. The third-order valence-electron chi connectivity index (χ3n) is 5.35. The van der Waals surface area contributed by atoms with Crippen LogP contribution in [0.15, 0.2) is 81.7 Å². The van der Waals surface area contributed by atoms with E-state index in [0.717, 1.165) is 23.1 Å². The van der Waals surface area contributed by atoms with Gasteiger partial charge in [0.05, 0.1) is 30.3 Å². The number of isocyanates is 3. The van der Waals surface area contributed by atoms with Crippen molar-refractivity contribution in [1.82, 2.24) is 0 Å². The number of hydrogen-bond acceptors (Lipinski definition) is 13. The number of aliphatic carboxylic acids is 1. The van der Waals surface area contributed by atoms with Gasteiger partial charge in [-0.05, 0) is 73.4 Å². The van der Waals surface area contributed by atoms with Crippen LogP contribution in [-0.2, 0) is 25.6 Å². The summed E-state index contributed by atoms with van der Waals surface area (Å²) in [6.45, 7) is 1.23. The van der Waals surface area contributed by atoms with E-state index in [0.29, 0.717) is 22.8 Å². The lowest BCUT2D eigenvalue weighted by Crippen LogP contribution is -2.35. The molecule has 0 amide bonds. The molecular formula is C30H30N4O10. The van der Waals surface area contributed by atoms with Gasteiger partial charge in [0.2, 0.25) is 18.2 Å². The minimum absolute atomic E-state index is 0.426. The van der Waals surface area contributed by atoms with Crippen molar-refractivity contribution in [2.45, 2.75) is 20.3 Å². The fourth-order valence-electron chi connectivity index (χ4n) is 2.78. The van der Waals surface area contributed by atoms with Gasteiger partial charge in [0, 0.05) is 0 Å². The van der Waals surface area contributed by atoms with Crippen molar-refractivity contribution < 1.29 is 49.4 Å². The molecule has 14 heteroatoms. The second-order valence-corrected chi connectivity index (χ2v) is 8.58. The molecule has 0 saturated carbocycles. The van der Waals surface area contributed by atoms with E-state index < -0.39 is 31.4 Å². The van der Waals surface area contributed by atoms with E-state index in [1.807, 2.05) is 24.3 Å². The molecule has 44 heavy (non-hydrogen) atoms. The third-order valence-corrected chi connectivity index (χ3v) is 5.35. The first-order valence-corrected chi connectivity index (χ1v) is 12.3. The number of aliphatic hydroxyl groups excluding tert-OH is 3. The first-order chi connectivity index (χ1) is 21.1.